The van der Waals surface area contributed by atoms with Crippen molar-refractivity contribution in [3.63, 3.8) is 0 Å². The zero-order chi connectivity index (χ0) is 26.3. The summed E-state index contributed by atoms with van der Waals surface area (Å²) in [4.78, 5) is 27.6. The van der Waals surface area contributed by atoms with Crippen LogP contribution in [0.3, 0.4) is 0 Å². The van der Waals surface area contributed by atoms with Gasteiger partial charge in [0.25, 0.3) is 10.0 Å². The maximum absolute atomic E-state index is 13.7. The fraction of sp³-hybridized carbons (Fsp3) is 0.259. The fourth-order valence-electron chi connectivity index (χ4n) is 3.69. The lowest BCUT2D eigenvalue weighted by Gasteiger charge is -2.31. The second-order valence-electron chi connectivity index (χ2n) is 8.32. The van der Waals surface area contributed by atoms with Crippen molar-refractivity contribution in [3.05, 3.63) is 90.0 Å². The van der Waals surface area contributed by atoms with Crippen molar-refractivity contribution in [1.82, 2.24) is 10.2 Å². The molecule has 1 unspecified atom stereocenters. The molecule has 0 aliphatic rings. The maximum atomic E-state index is 13.7. The number of benzene rings is 3. The zero-order valence-corrected chi connectivity index (χ0v) is 21.7. The van der Waals surface area contributed by atoms with Gasteiger partial charge in [-0.25, -0.2) is 8.42 Å². The van der Waals surface area contributed by atoms with Crippen molar-refractivity contribution < 1.29 is 22.7 Å². The molecule has 0 radical (unpaired) electrons. The molecule has 0 bridgehead atoms. The number of anilines is 1. The summed E-state index contributed by atoms with van der Waals surface area (Å²) in [6.45, 7) is 3.14. The fourth-order valence-corrected chi connectivity index (χ4v) is 5.10. The molecule has 2 amide bonds. The second-order valence-corrected chi connectivity index (χ2v) is 10.2. The molecule has 9 heteroatoms. The van der Waals surface area contributed by atoms with Crippen LogP contribution in [0, 0.1) is 6.92 Å². The lowest BCUT2D eigenvalue weighted by molar-refractivity contribution is -0.139. The van der Waals surface area contributed by atoms with Gasteiger partial charge in [0, 0.05) is 13.6 Å². The Morgan fingerprint density at radius 2 is 1.56 bits per heavy atom. The Balaban J connectivity index is 2.02. The normalized spacial score (nSPS) is 11.9. The van der Waals surface area contributed by atoms with Gasteiger partial charge in [0.05, 0.1) is 17.7 Å². The molecule has 3 aromatic carbocycles. The van der Waals surface area contributed by atoms with Crippen molar-refractivity contribution in [2.24, 2.45) is 0 Å². The Labute approximate surface area is 212 Å². The summed E-state index contributed by atoms with van der Waals surface area (Å²) < 4.78 is 33.7. The molecule has 0 spiro atoms. The summed E-state index contributed by atoms with van der Waals surface area (Å²) >= 11 is 0. The van der Waals surface area contributed by atoms with Gasteiger partial charge in [-0.3, -0.25) is 13.9 Å². The molecule has 0 saturated heterocycles. The lowest BCUT2D eigenvalue weighted by Crippen LogP contribution is -2.50. The van der Waals surface area contributed by atoms with E-state index in [0.29, 0.717) is 11.4 Å². The van der Waals surface area contributed by atoms with Gasteiger partial charge >= 0.3 is 0 Å². The highest BCUT2D eigenvalue weighted by Gasteiger charge is 2.32. The molecule has 0 aliphatic heterocycles. The second kappa shape index (κ2) is 11.7. The standard InChI is InChI=1S/C27H31N3O5S/c1-20-10-16-25(17-11-20)36(33,34)30(23-12-14-24(35-4)15-13-23)19-26(31)29(21(2)27(32)28-3)18-22-8-6-5-7-9-22/h5-17,21H,18-19H2,1-4H3,(H,28,32). The van der Waals surface area contributed by atoms with Gasteiger partial charge in [-0.05, 0) is 55.8 Å². The number of sulfonamides is 1. The van der Waals surface area contributed by atoms with Crippen molar-refractivity contribution in [3.8, 4) is 5.75 Å². The number of carbonyl (C=O) groups is 2. The lowest BCUT2D eigenvalue weighted by atomic mass is 10.1. The van der Waals surface area contributed by atoms with E-state index in [9.17, 15) is 18.0 Å². The molecule has 8 nitrogen and oxygen atoms in total. The monoisotopic (exact) mass is 509 g/mol. The summed E-state index contributed by atoms with van der Waals surface area (Å²) in [5.41, 5.74) is 2.03. The molecule has 190 valence electrons. The average Bonchev–Trinajstić information content (AvgIpc) is 2.90. The Bertz CT molecular complexity index is 1280. The number of likely N-dealkylation sites (N-methyl/N-ethyl adjacent to an activating group) is 1. The van der Waals surface area contributed by atoms with Crippen LogP contribution in [0.5, 0.6) is 5.75 Å². The van der Waals surface area contributed by atoms with E-state index < -0.39 is 28.5 Å². The first kappa shape index (κ1) is 26.7. The summed E-state index contributed by atoms with van der Waals surface area (Å²) in [6.07, 6.45) is 0. The Hall–Kier alpha value is -3.85. The number of nitrogens with zero attached hydrogens (tertiary/aromatic N) is 2. The van der Waals surface area contributed by atoms with Crippen LogP contribution < -0.4 is 14.4 Å². The molecular formula is C27H31N3O5S. The van der Waals surface area contributed by atoms with Crippen LogP contribution in [0.1, 0.15) is 18.1 Å². The van der Waals surface area contributed by atoms with E-state index in [4.69, 9.17) is 4.74 Å². The van der Waals surface area contributed by atoms with Gasteiger partial charge in [-0.1, -0.05) is 48.0 Å². The van der Waals surface area contributed by atoms with Gasteiger partial charge < -0.3 is 15.0 Å². The van der Waals surface area contributed by atoms with E-state index >= 15 is 0 Å². The highest BCUT2D eigenvalue weighted by molar-refractivity contribution is 7.92. The quantitative estimate of drug-likeness (QED) is 0.452. The molecule has 0 saturated carbocycles. The highest BCUT2D eigenvalue weighted by atomic mass is 32.2. The van der Waals surface area contributed by atoms with Gasteiger partial charge in [-0.2, -0.15) is 0 Å². The molecule has 1 atom stereocenters. The van der Waals surface area contributed by atoms with E-state index in [-0.39, 0.29) is 17.3 Å². The van der Waals surface area contributed by atoms with Crippen LogP contribution in [-0.4, -0.2) is 51.9 Å². The van der Waals surface area contributed by atoms with E-state index in [2.05, 4.69) is 5.32 Å². The maximum Gasteiger partial charge on any atom is 0.264 e. The average molecular weight is 510 g/mol. The summed E-state index contributed by atoms with van der Waals surface area (Å²) in [5, 5.41) is 2.57. The van der Waals surface area contributed by atoms with Gasteiger partial charge in [0.15, 0.2) is 0 Å². The number of ether oxygens (including phenoxy) is 1. The number of amides is 2. The molecule has 3 rings (SSSR count). The molecule has 0 aliphatic carbocycles. The number of nitrogens with one attached hydrogen (secondary N) is 1. The van der Waals surface area contributed by atoms with Crippen molar-refractivity contribution in [2.75, 3.05) is 25.0 Å². The molecule has 0 aromatic heterocycles. The number of aryl methyl sites for hydroxylation is 1. The van der Waals surface area contributed by atoms with E-state index in [1.807, 2.05) is 37.3 Å². The van der Waals surface area contributed by atoms with Crippen molar-refractivity contribution in [1.29, 1.82) is 0 Å². The predicted octanol–water partition coefficient (Wildman–Crippen LogP) is 3.36. The number of carbonyl (C=O) groups excluding carboxylic acids is 2. The molecule has 3 aromatic rings. The third kappa shape index (κ3) is 6.23. The van der Waals surface area contributed by atoms with Gasteiger partial charge in [0.2, 0.25) is 11.8 Å². The molecule has 1 N–H and O–H groups in total. The van der Waals surface area contributed by atoms with Crippen LogP contribution in [-0.2, 0) is 26.2 Å². The predicted molar refractivity (Wildman–Crippen MR) is 139 cm³/mol. The molecular weight excluding hydrogens is 478 g/mol. The number of hydrogen-bond acceptors (Lipinski definition) is 5. The first-order valence-corrected chi connectivity index (χ1v) is 12.9. The third-order valence-electron chi connectivity index (χ3n) is 5.86. The van der Waals surface area contributed by atoms with Crippen LogP contribution in [0.15, 0.2) is 83.8 Å². The van der Waals surface area contributed by atoms with Crippen LogP contribution in [0.2, 0.25) is 0 Å². The topological polar surface area (TPSA) is 96.0 Å². The zero-order valence-electron chi connectivity index (χ0n) is 20.8. The minimum atomic E-state index is -4.10. The summed E-state index contributed by atoms with van der Waals surface area (Å²) in [7, 11) is -1.09. The highest BCUT2D eigenvalue weighted by Crippen LogP contribution is 2.26. The summed E-state index contributed by atoms with van der Waals surface area (Å²) in [5.74, 6) is -0.310. The first-order valence-electron chi connectivity index (χ1n) is 11.5. The van der Waals surface area contributed by atoms with Crippen molar-refractivity contribution >= 4 is 27.5 Å². The number of methoxy groups -OCH3 is 1. The SMILES string of the molecule is CNC(=O)C(C)N(Cc1ccccc1)C(=O)CN(c1ccc(OC)cc1)S(=O)(=O)c1ccc(C)cc1. The molecule has 0 fully saturated rings. The number of hydrogen-bond donors (Lipinski definition) is 1. The van der Waals surface area contributed by atoms with Crippen LogP contribution in [0.4, 0.5) is 5.69 Å². The van der Waals surface area contributed by atoms with E-state index in [1.165, 1.54) is 31.2 Å². The number of rotatable bonds is 10. The minimum absolute atomic E-state index is 0.0608. The summed E-state index contributed by atoms with van der Waals surface area (Å²) in [6, 6.07) is 21.3. The van der Waals surface area contributed by atoms with Crippen LogP contribution in [0.25, 0.3) is 0 Å². The van der Waals surface area contributed by atoms with Crippen molar-refractivity contribution in [2.45, 2.75) is 31.3 Å². The minimum Gasteiger partial charge on any atom is -0.497 e. The van der Waals surface area contributed by atoms with E-state index in [1.54, 1.807) is 43.3 Å². The molecule has 36 heavy (non-hydrogen) atoms. The van der Waals surface area contributed by atoms with E-state index in [0.717, 1.165) is 15.4 Å². The first-order chi connectivity index (χ1) is 17.2. The largest absolute Gasteiger partial charge is 0.497 e. The van der Waals surface area contributed by atoms with Crippen LogP contribution >= 0.6 is 0 Å². The van der Waals surface area contributed by atoms with Gasteiger partial charge in [-0.15, -0.1) is 0 Å². The Morgan fingerprint density at radius 3 is 2.11 bits per heavy atom. The third-order valence-corrected chi connectivity index (χ3v) is 7.65. The Kier molecular flexibility index (Phi) is 8.71. The van der Waals surface area contributed by atoms with Gasteiger partial charge in [0.1, 0.15) is 18.3 Å². The molecule has 0 heterocycles. The smallest absolute Gasteiger partial charge is 0.264 e. The Morgan fingerprint density at radius 1 is 0.944 bits per heavy atom.